The summed E-state index contributed by atoms with van der Waals surface area (Å²) in [5.74, 6) is 1.80. The van der Waals surface area contributed by atoms with Crippen molar-refractivity contribution in [1.29, 1.82) is 0 Å². The molecule has 2 fully saturated rings. The van der Waals surface area contributed by atoms with Crippen LogP contribution in [0.15, 0.2) is 66.9 Å². The Balaban J connectivity index is 1.22. The summed E-state index contributed by atoms with van der Waals surface area (Å²) in [5.41, 5.74) is 3.04. The van der Waals surface area contributed by atoms with E-state index in [1.54, 1.807) is 13.3 Å². The maximum atomic E-state index is 13.4. The molecule has 3 unspecified atom stereocenters. The van der Waals surface area contributed by atoms with Gasteiger partial charge in [0.2, 0.25) is 0 Å². The summed E-state index contributed by atoms with van der Waals surface area (Å²) in [7, 11) is 1.60. The van der Waals surface area contributed by atoms with E-state index in [-0.39, 0.29) is 24.5 Å². The molecule has 0 bridgehead atoms. The fraction of sp³-hybridized carbons (Fsp3) is 0.406. The Hall–Kier alpha value is -3.91. The van der Waals surface area contributed by atoms with Gasteiger partial charge in [-0.25, -0.2) is 4.98 Å². The second-order valence-electron chi connectivity index (χ2n) is 10.7. The SMILES string of the molecule is COc1cccc(C(=O)NC2CC3CCCN(c4ccc(C(=O)NCc5ccccc5)cn4)C3C2)c1CCCO. The third-order valence-electron chi connectivity index (χ3n) is 8.15. The Morgan fingerprint density at radius 2 is 1.90 bits per heavy atom. The first-order valence-electron chi connectivity index (χ1n) is 14.2. The lowest BCUT2D eigenvalue weighted by atomic mass is 9.92. The highest BCUT2D eigenvalue weighted by molar-refractivity contribution is 5.96. The molecule has 210 valence electrons. The normalized spacial score (nSPS) is 20.1. The maximum Gasteiger partial charge on any atom is 0.253 e. The van der Waals surface area contributed by atoms with E-state index in [9.17, 15) is 14.7 Å². The number of fused-ring (bicyclic) bond motifs is 1. The third-order valence-corrected chi connectivity index (χ3v) is 8.15. The first-order valence-corrected chi connectivity index (χ1v) is 14.2. The van der Waals surface area contributed by atoms with Gasteiger partial charge in [0.25, 0.3) is 11.8 Å². The quantitative estimate of drug-likeness (QED) is 0.356. The summed E-state index contributed by atoms with van der Waals surface area (Å²) in [4.78, 5) is 33.0. The van der Waals surface area contributed by atoms with E-state index in [4.69, 9.17) is 4.74 Å². The molecule has 2 aromatic carbocycles. The number of aliphatic hydroxyl groups excluding tert-OH is 1. The van der Waals surface area contributed by atoms with Gasteiger partial charge in [0.1, 0.15) is 11.6 Å². The number of benzene rings is 2. The van der Waals surface area contributed by atoms with Gasteiger partial charge in [0.15, 0.2) is 0 Å². The first kappa shape index (κ1) is 27.6. The monoisotopic (exact) mass is 542 g/mol. The van der Waals surface area contributed by atoms with Gasteiger partial charge in [-0.2, -0.15) is 0 Å². The molecule has 0 radical (unpaired) electrons. The van der Waals surface area contributed by atoms with Gasteiger partial charge in [0.05, 0.1) is 12.7 Å². The lowest BCUT2D eigenvalue weighted by Crippen LogP contribution is -2.43. The Morgan fingerprint density at radius 3 is 2.65 bits per heavy atom. The number of ether oxygens (including phenoxy) is 1. The van der Waals surface area contributed by atoms with Crippen LogP contribution in [0.2, 0.25) is 0 Å². The molecule has 2 heterocycles. The van der Waals surface area contributed by atoms with Crippen LogP contribution in [0.4, 0.5) is 5.82 Å². The molecule has 0 spiro atoms. The van der Waals surface area contributed by atoms with Crippen LogP contribution in [0.25, 0.3) is 0 Å². The topological polar surface area (TPSA) is 104 Å². The number of piperidine rings is 1. The van der Waals surface area contributed by atoms with Crippen LogP contribution in [-0.4, -0.2) is 54.2 Å². The molecule has 1 aliphatic heterocycles. The second-order valence-corrected chi connectivity index (χ2v) is 10.7. The highest BCUT2D eigenvalue weighted by atomic mass is 16.5. The average molecular weight is 543 g/mol. The lowest BCUT2D eigenvalue weighted by Gasteiger charge is -2.38. The Kier molecular flexibility index (Phi) is 8.96. The minimum absolute atomic E-state index is 0.0638. The van der Waals surface area contributed by atoms with Crippen molar-refractivity contribution in [3.8, 4) is 5.75 Å². The summed E-state index contributed by atoms with van der Waals surface area (Å²) in [6, 6.07) is 19.5. The van der Waals surface area contributed by atoms with Crippen LogP contribution in [-0.2, 0) is 13.0 Å². The van der Waals surface area contributed by atoms with Gasteiger partial charge >= 0.3 is 0 Å². The largest absolute Gasteiger partial charge is 0.496 e. The molecule has 1 aromatic heterocycles. The van der Waals surface area contributed by atoms with Gasteiger partial charge in [-0.05, 0) is 74.3 Å². The number of hydrogen-bond acceptors (Lipinski definition) is 6. The van der Waals surface area contributed by atoms with Crippen molar-refractivity contribution >= 4 is 17.6 Å². The van der Waals surface area contributed by atoms with E-state index < -0.39 is 0 Å². The van der Waals surface area contributed by atoms with Crippen molar-refractivity contribution in [3.63, 3.8) is 0 Å². The second kappa shape index (κ2) is 13.0. The maximum absolute atomic E-state index is 13.4. The molecule has 40 heavy (non-hydrogen) atoms. The number of amides is 2. The summed E-state index contributed by atoms with van der Waals surface area (Å²) < 4.78 is 5.50. The van der Waals surface area contributed by atoms with Crippen molar-refractivity contribution in [1.82, 2.24) is 15.6 Å². The standard InChI is InChI=1S/C32H38N4O4/c1-40-29-13-5-11-27(26(29)12-7-17-37)32(39)35-25-18-23-10-6-16-36(28(23)19-25)30-15-14-24(21-33-30)31(38)34-20-22-8-3-2-4-9-22/h2-5,8-9,11,13-15,21,23,25,28,37H,6-7,10,12,16-20H2,1H3,(H,34,38)(H,35,39). The van der Waals surface area contributed by atoms with Crippen LogP contribution in [0, 0.1) is 5.92 Å². The molecule has 3 N–H and O–H groups in total. The van der Waals surface area contributed by atoms with Gasteiger partial charge < -0.3 is 25.4 Å². The van der Waals surface area contributed by atoms with E-state index >= 15 is 0 Å². The summed E-state index contributed by atoms with van der Waals surface area (Å²) in [6.07, 6.45) is 6.81. The number of hydrogen-bond donors (Lipinski definition) is 3. The molecule has 8 heteroatoms. The van der Waals surface area contributed by atoms with Crippen molar-refractivity contribution in [2.24, 2.45) is 5.92 Å². The van der Waals surface area contributed by atoms with Crippen LogP contribution >= 0.6 is 0 Å². The number of carbonyl (C=O) groups excluding carboxylic acids is 2. The van der Waals surface area contributed by atoms with E-state index in [0.717, 1.165) is 49.2 Å². The number of aliphatic hydroxyl groups is 1. The summed E-state index contributed by atoms with van der Waals surface area (Å²) >= 11 is 0. The minimum atomic E-state index is -0.140. The number of anilines is 1. The molecule has 2 amide bonds. The molecular formula is C32H38N4O4. The highest BCUT2D eigenvalue weighted by Gasteiger charge is 2.41. The molecule has 8 nitrogen and oxygen atoms in total. The summed E-state index contributed by atoms with van der Waals surface area (Å²) in [5, 5.41) is 15.6. The van der Waals surface area contributed by atoms with Crippen LogP contribution < -0.4 is 20.3 Å². The first-order chi connectivity index (χ1) is 19.6. The average Bonchev–Trinajstić information content (AvgIpc) is 3.41. The van der Waals surface area contributed by atoms with Crippen molar-refractivity contribution in [2.45, 2.75) is 57.2 Å². The molecule has 1 aliphatic carbocycles. The zero-order valence-corrected chi connectivity index (χ0v) is 23.0. The van der Waals surface area contributed by atoms with Crippen LogP contribution in [0.1, 0.15) is 63.9 Å². The fourth-order valence-corrected chi connectivity index (χ4v) is 6.20. The van der Waals surface area contributed by atoms with E-state index in [2.05, 4.69) is 20.5 Å². The Bertz CT molecular complexity index is 1300. The lowest BCUT2D eigenvalue weighted by molar-refractivity contribution is 0.0932. The number of rotatable bonds is 10. The molecule has 1 saturated heterocycles. The molecular weight excluding hydrogens is 504 g/mol. The van der Waals surface area contributed by atoms with E-state index in [1.165, 1.54) is 0 Å². The highest BCUT2D eigenvalue weighted by Crippen LogP contribution is 2.39. The van der Waals surface area contributed by atoms with Crippen molar-refractivity contribution in [3.05, 3.63) is 89.1 Å². The number of pyridine rings is 1. The zero-order chi connectivity index (χ0) is 27.9. The smallest absolute Gasteiger partial charge is 0.253 e. The molecule has 2 aliphatic rings. The van der Waals surface area contributed by atoms with Gasteiger partial charge in [-0.3, -0.25) is 9.59 Å². The Morgan fingerprint density at radius 1 is 1.05 bits per heavy atom. The number of aromatic nitrogens is 1. The number of nitrogens with one attached hydrogen (secondary N) is 2. The molecule has 1 saturated carbocycles. The predicted molar refractivity (Wildman–Crippen MR) is 155 cm³/mol. The van der Waals surface area contributed by atoms with E-state index in [1.807, 2.05) is 60.7 Å². The van der Waals surface area contributed by atoms with Gasteiger partial charge in [0, 0.05) is 49.1 Å². The van der Waals surface area contributed by atoms with Gasteiger partial charge in [-0.15, -0.1) is 0 Å². The Labute approximate surface area is 235 Å². The molecule has 5 rings (SSSR count). The zero-order valence-electron chi connectivity index (χ0n) is 23.0. The van der Waals surface area contributed by atoms with E-state index in [0.29, 0.717) is 48.2 Å². The van der Waals surface area contributed by atoms with Crippen molar-refractivity contribution in [2.75, 3.05) is 25.2 Å². The summed E-state index contributed by atoms with van der Waals surface area (Å²) in [6.45, 7) is 1.45. The van der Waals surface area contributed by atoms with Crippen LogP contribution in [0.3, 0.4) is 0 Å². The fourth-order valence-electron chi connectivity index (χ4n) is 6.20. The minimum Gasteiger partial charge on any atom is -0.496 e. The number of nitrogens with zero attached hydrogens (tertiary/aromatic N) is 2. The number of carbonyl (C=O) groups is 2. The third kappa shape index (κ3) is 6.28. The number of methoxy groups -OCH3 is 1. The van der Waals surface area contributed by atoms with Gasteiger partial charge in [-0.1, -0.05) is 36.4 Å². The molecule has 3 aromatic rings. The van der Waals surface area contributed by atoms with Crippen molar-refractivity contribution < 1.29 is 19.4 Å². The van der Waals surface area contributed by atoms with Crippen LogP contribution in [0.5, 0.6) is 5.75 Å². The predicted octanol–water partition coefficient (Wildman–Crippen LogP) is 4.12. The molecule has 3 atom stereocenters.